The summed E-state index contributed by atoms with van der Waals surface area (Å²) in [6.45, 7) is 5.98. The Morgan fingerprint density at radius 3 is 2.55 bits per heavy atom. The Labute approximate surface area is 121 Å². The number of rotatable bonds is 9. The average molecular weight is 279 g/mol. The van der Waals surface area contributed by atoms with E-state index in [0.717, 1.165) is 25.1 Å². The Morgan fingerprint density at radius 2 is 1.95 bits per heavy atom. The van der Waals surface area contributed by atoms with Gasteiger partial charge in [-0.3, -0.25) is 4.79 Å². The molecule has 0 saturated heterocycles. The Balaban J connectivity index is 2.09. The number of ether oxygens (including phenoxy) is 1. The first-order valence-corrected chi connectivity index (χ1v) is 7.10. The predicted molar refractivity (Wildman–Crippen MR) is 80.2 cm³/mol. The van der Waals surface area contributed by atoms with Crippen molar-refractivity contribution in [3.63, 3.8) is 0 Å². The molecular formula is C16H25NO3. The van der Waals surface area contributed by atoms with E-state index in [1.807, 2.05) is 31.3 Å². The van der Waals surface area contributed by atoms with Crippen molar-refractivity contribution in [1.82, 2.24) is 4.90 Å². The van der Waals surface area contributed by atoms with E-state index in [1.165, 1.54) is 5.56 Å². The summed E-state index contributed by atoms with van der Waals surface area (Å²) in [5, 5.41) is 8.84. The maximum atomic E-state index is 10.7. The molecule has 112 valence electrons. The lowest BCUT2D eigenvalue weighted by molar-refractivity contribution is -0.141. The molecule has 0 heterocycles. The number of carbonyl (C=O) groups is 1. The highest BCUT2D eigenvalue weighted by Crippen LogP contribution is 2.11. The highest BCUT2D eigenvalue weighted by atomic mass is 16.5. The smallest absolute Gasteiger partial charge is 0.307 e. The van der Waals surface area contributed by atoms with Crippen molar-refractivity contribution in [2.45, 2.75) is 26.7 Å². The second-order valence-electron chi connectivity index (χ2n) is 5.37. The van der Waals surface area contributed by atoms with E-state index in [9.17, 15) is 4.79 Å². The number of unbranched alkanes of at least 4 members (excludes halogenated alkanes) is 1. The number of nitrogens with zero attached hydrogens (tertiary/aromatic N) is 1. The van der Waals surface area contributed by atoms with Crippen molar-refractivity contribution in [1.29, 1.82) is 0 Å². The molecule has 0 aromatic heterocycles. The number of aryl methyl sites for hydroxylation is 1. The standard InChI is InChI=1S/C16H25NO3/c1-13-6-8-15(9-7-13)20-11-5-4-10-17(3)12-14(2)16(18)19/h6-9,14H,4-5,10-12H2,1-3H3,(H,18,19). The van der Waals surface area contributed by atoms with E-state index in [2.05, 4.69) is 11.8 Å². The van der Waals surface area contributed by atoms with Crippen LogP contribution < -0.4 is 4.74 Å². The number of benzene rings is 1. The lowest BCUT2D eigenvalue weighted by Crippen LogP contribution is -2.29. The fraction of sp³-hybridized carbons (Fsp3) is 0.562. The maximum Gasteiger partial charge on any atom is 0.307 e. The second-order valence-corrected chi connectivity index (χ2v) is 5.37. The van der Waals surface area contributed by atoms with Crippen LogP contribution in [0.3, 0.4) is 0 Å². The molecule has 20 heavy (non-hydrogen) atoms. The van der Waals surface area contributed by atoms with Gasteiger partial charge in [-0.15, -0.1) is 0 Å². The molecule has 0 aliphatic heterocycles. The van der Waals surface area contributed by atoms with Crippen LogP contribution in [-0.2, 0) is 4.79 Å². The summed E-state index contributed by atoms with van der Waals surface area (Å²) in [5.41, 5.74) is 1.23. The fourth-order valence-corrected chi connectivity index (χ4v) is 1.95. The van der Waals surface area contributed by atoms with Gasteiger partial charge in [0.05, 0.1) is 12.5 Å². The molecular weight excluding hydrogens is 254 g/mol. The van der Waals surface area contributed by atoms with E-state index in [-0.39, 0.29) is 5.92 Å². The quantitative estimate of drug-likeness (QED) is 0.706. The van der Waals surface area contributed by atoms with E-state index in [0.29, 0.717) is 13.2 Å². The molecule has 1 aromatic rings. The number of carboxylic acid groups (broad SMARTS) is 1. The summed E-state index contributed by atoms with van der Waals surface area (Å²) in [5.74, 6) is -0.146. The molecule has 0 aliphatic carbocycles. The molecule has 0 amide bonds. The zero-order chi connectivity index (χ0) is 15.0. The average Bonchev–Trinajstić information content (AvgIpc) is 2.40. The van der Waals surface area contributed by atoms with Gasteiger partial charge in [0.1, 0.15) is 5.75 Å². The van der Waals surface area contributed by atoms with Gasteiger partial charge in [0, 0.05) is 6.54 Å². The van der Waals surface area contributed by atoms with Gasteiger partial charge in [-0.1, -0.05) is 24.6 Å². The molecule has 0 fully saturated rings. The van der Waals surface area contributed by atoms with Crippen molar-refractivity contribution >= 4 is 5.97 Å². The van der Waals surface area contributed by atoms with Gasteiger partial charge in [-0.25, -0.2) is 0 Å². The zero-order valence-corrected chi connectivity index (χ0v) is 12.6. The summed E-state index contributed by atoms with van der Waals surface area (Å²) in [4.78, 5) is 12.8. The van der Waals surface area contributed by atoms with Crippen LogP contribution in [0, 0.1) is 12.8 Å². The van der Waals surface area contributed by atoms with Gasteiger partial charge < -0.3 is 14.7 Å². The van der Waals surface area contributed by atoms with Gasteiger partial charge in [-0.2, -0.15) is 0 Å². The van der Waals surface area contributed by atoms with E-state index >= 15 is 0 Å². The molecule has 1 unspecified atom stereocenters. The fourth-order valence-electron chi connectivity index (χ4n) is 1.95. The van der Waals surface area contributed by atoms with Gasteiger partial charge in [0.25, 0.3) is 0 Å². The SMILES string of the molecule is Cc1ccc(OCCCCN(C)CC(C)C(=O)O)cc1. The molecule has 1 rings (SSSR count). The first-order valence-electron chi connectivity index (χ1n) is 7.10. The first-order chi connectivity index (χ1) is 9.49. The zero-order valence-electron chi connectivity index (χ0n) is 12.6. The largest absolute Gasteiger partial charge is 0.494 e. The molecule has 1 atom stereocenters. The molecule has 1 N–H and O–H groups in total. The number of hydrogen-bond acceptors (Lipinski definition) is 3. The van der Waals surface area contributed by atoms with Crippen molar-refractivity contribution in [2.24, 2.45) is 5.92 Å². The lowest BCUT2D eigenvalue weighted by Gasteiger charge is -2.18. The van der Waals surface area contributed by atoms with Crippen LogP contribution in [0.4, 0.5) is 0 Å². The minimum atomic E-state index is -0.737. The molecule has 4 heteroatoms. The van der Waals surface area contributed by atoms with E-state index in [4.69, 9.17) is 9.84 Å². The minimum absolute atomic E-state index is 0.316. The molecule has 4 nitrogen and oxygen atoms in total. The van der Waals surface area contributed by atoms with Crippen LogP contribution in [0.15, 0.2) is 24.3 Å². The highest BCUT2D eigenvalue weighted by molar-refractivity contribution is 5.69. The summed E-state index contributed by atoms with van der Waals surface area (Å²) in [6, 6.07) is 8.04. The topological polar surface area (TPSA) is 49.8 Å². The third-order valence-electron chi connectivity index (χ3n) is 3.23. The second kappa shape index (κ2) is 8.59. The Bertz CT molecular complexity index is 403. The van der Waals surface area contributed by atoms with Crippen LogP contribution in [-0.4, -0.2) is 42.7 Å². The van der Waals surface area contributed by atoms with Gasteiger partial charge in [0.15, 0.2) is 0 Å². The van der Waals surface area contributed by atoms with Crippen molar-refractivity contribution in [3.05, 3.63) is 29.8 Å². The van der Waals surface area contributed by atoms with Crippen molar-refractivity contribution < 1.29 is 14.6 Å². The van der Waals surface area contributed by atoms with Gasteiger partial charge >= 0.3 is 5.97 Å². The summed E-state index contributed by atoms with van der Waals surface area (Å²) in [7, 11) is 1.96. The third kappa shape index (κ3) is 6.57. The van der Waals surface area contributed by atoms with E-state index in [1.54, 1.807) is 6.92 Å². The first kappa shape index (κ1) is 16.5. The maximum absolute atomic E-state index is 10.7. The Morgan fingerprint density at radius 1 is 1.30 bits per heavy atom. The van der Waals surface area contributed by atoms with Crippen molar-refractivity contribution in [3.8, 4) is 5.75 Å². The number of carboxylic acids is 1. The summed E-state index contributed by atoms with van der Waals surface area (Å²) < 4.78 is 5.65. The molecule has 0 radical (unpaired) electrons. The number of aliphatic carboxylic acids is 1. The third-order valence-corrected chi connectivity index (χ3v) is 3.23. The Kier molecular flexibility index (Phi) is 7.09. The molecule has 0 bridgehead atoms. The predicted octanol–water partition coefficient (Wildman–Crippen LogP) is 2.81. The normalized spacial score (nSPS) is 12.4. The summed E-state index contributed by atoms with van der Waals surface area (Å²) >= 11 is 0. The monoisotopic (exact) mass is 279 g/mol. The van der Waals surface area contributed by atoms with Crippen LogP contribution in [0.25, 0.3) is 0 Å². The number of hydrogen-bond donors (Lipinski definition) is 1. The molecule has 0 aliphatic rings. The van der Waals surface area contributed by atoms with Crippen LogP contribution in [0.5, 0.6) is 5.75 Å². The summed E-state index contributed by atoms with van der Waals surface area (Å²) in [6.07, 6.45) is 1.98. The molecule has 1 aromatic carbocycles. The highest BCUT2D eigenvalue weighted by Gasteiger charge is 2.12. The van der Waals surface area contributed by atoms with Gasteiger partial charge in [-0.05, 0) is 45.5 Å². The van der Waals surface area contributed by atoms with Crippen LogP contribution in [0.1, 0.15) is 25.3 Å². The van der Waals surface area contributed by atoms with Crippen molar-refractivity contribution in [2.75, 3.05) is 26.7 Å². The minimum Gasteiger partial charge on any atom is -0.494 e. The van der Waals surface area contributed by atoms with Crippen LogP contribution in [0.2, 0.25) is 0 Å². The van der Waals surface area contributed by atoms with E-state index < -0.39 is 5.97 Å². The Hall–Kier alpha value is -1.55. The van der Waals surface area contributed by atoms with Gasteiger partial charge in [0.2, 0.25) is 0 Å². The molecule has 0 saturated carbocycles. The molecule has 0 spiro atoms. The lowest BCUT2D eigenvalue weighted by atomic mass is 10.1. The van der Waals surface area contributed by atoms with Crippen LogP contribution >= 0.6 is 0 Å².